The molecule has 0 aromatic rings. The summed E-state index contributed by atoms with van der Waals surface area (Å²) in [6, 6.07) is 0. The fourth-order valence-electron chi connectivity index (χ4n) is 1.93. The fourth-order valence-corrected chi connectivity index (χ4v) is 1.93. The molecule has 1 aliphatic rings. The van der Waals surface area contributed by atoms with Gasteiger partial charge in [0.15, 0.2) is 0 Å². The maximum Gasteiger partial charge on any atom is 0.0469 e. The lowest BCUT2D eigenvalue weighted by atomic mass is 10.0. The number of nitrogens with one attached hydrogen (secondary N) is 1. The molecule has 0 radical (unpaired) electrons. The minimum atomic E-state index is 0.870. The molecule has 0 unspecified atom stereocenters. The summed E-state index contributed by atoms with van der Waals surface area (Å²) in [5.41, 5.74) is 0. The lowest BCUT2D eigenvalue weighted by molar-refractivity contribution is 0.0663. The van der Waals surface area contributed by atoms with Crippen LogP contribution in [-0.2, 0) is 4.74 Å². The number of ether oxygens (including phenoxy) is 1. The van der Waals surface area contributed by atoms with Crippen LogP contribution >= 0.6 is 0 Å². The van der Waals surface area contributed by atoms with E-state index in [4.69, 9.17) is 4.74 Å². The average Bonchev–Trinajstić information content (AvgIpc) is 2.25. The van der Waals surface area contributed by atoms with Gasteiger partial charge in [-0.1, -0.05) is 26.2 Å². The molecular formula is C12H25NO. The second-order valence-electron chi connectivity index (χ2n) is 4.32. The van der Waals surface area contributed by atoms with Gasteiger partial charge in [0.05, 0.1) is 0 Å². The van der Waals surface area contributed by atoms with Crippen LogP contribution < -0.4 is 5.32 Å². The molecule has 2 nitrogen and oxygen atoms in total. The Labute approximate surface area is 88.4 Å². The normalized spacial score (nSPS) is 18.6. The van der Waals surface area contributed by atoms with E-state index in [1.54, 1.807) is 0 Å². The topological polar surface area (TPSA) is 21.3 Å². The molecule has 84 valence electrons. The van der Waals surface area contributed by atoms with Crippen molar-refractivity contribution in [3.63, 3.8) is 0 Å². The highest BCUT2D eigenvalue weighted by Gasteiger charge is 2.12. The molecule has 1 fully saturated rings. The SMILES string of the molecule is CCCCCCNCC1CCOCC1. The predicted molar refractivity (Wildman–Crippen MR) is 60.6 cm³/mol. The molecule has 1 heterocycles. The summed E-state index contributed by atoms with van der Waals surface area (Å²) in [5.74, 6) is 0.870. The van der Waals surface area contributed by atoms with Crippen molar-refractivity contribution in [2.75, 3.05) is 26.3 Å². The molecule has 0 bridgehead atoms. The van der Waals surface area contributed by atoms with Gasteiger partial charge in [0.2, 0.25) is 0 Å². The van der Waals surface area contributed by atoms with Crippen LogP contribution in [0.3, 0.4) is 0 Å². The van der Waals surface area contributed by atoms with E-state index in [1.165, 1.54) is 51.6 Å². The van der Waals surface area contributed by atoms with Gasteiger partial charge < -0.3 is 10.1 Å². The number of unbranched alkanes of at least 4 members (excludes halogenated alkanes) is 3. The van der Waals surface area contributed by atoms with Gasteiger partial charge in [-0.15, -0.1) is 0 Å². The third-order valence-corrected chi connectivity index (χ3v) is 2.98. The molecule has 1 rings (SSSR count). The van der Waals surface area contributed by atoms with Crippen LogP contribution in [0.15, 0.2) is 0 Å². The van der Waals surface area contributed by atoms with Gasteiger partial charge >= 0.3 is 0 Å². The minimum Gasteiger partial charge on any atom is -0.381 e. The molecule has 0 spiro atoms. The van der Waals surface area contributed by atoms with Crippen molar-refractivity contribution in [2.24, 2.45) is 5.92 Å². The van der Waals surface area contributed by atoms with Gasteiger partial charge in [-0.2, -0.15) is 0 Å². The van der Waals surface area contributed by atoms with E-state index >= 15 is 0 Å². The Kier molecular flexibility index (Phi) is 7.06. The maximum absolute atomic E-state index is 5.33. The average molecular weight is 199 g/mol. The zero-order valence-corrected chi connectivity index (χ0v) is 9.56. The van der Waals surface area contributed by atoms with Crippen LogP contribution in [0.2, 0.25) is 0 Å². The summed E-state index contributed by atoms with van der Waals surface area (Å²) < 4.78 is 5.33. The van der Waals surface area contributed by atoms with Crippen molar-refractivity contribution in [1.29, 1.82) is 0 Å². The van der Waals surface area contributed by atoms with E-state index in [0.717, 1.165) is 19.1 Å². The van der Waals surface area contributed by atoms with Crippen molar-refractivity contribution >= 4 is 0 Å². The van der Waals surface area contributed by atoms with Crippen molar-refractivity contribution < 1.29 is 4.74 Å². The third-order valence-electron chi connectivity index (χ3n) is 2.98. The van der Waals surface area contributed by atoms with Crippen molar-refractivity contribution in [2.45, 2.75) is 45.4 Å². The number of hydrogen-bond acceptors (Lipinski definition) is 2. The maximum atomic E-state index is 5.33. The van der Waals surface area contributed by atoms with Crippen LogP contribution in [-0.4, -0.2) is 26.3 Å². The zero-order chi connectivity index (χ0) is 10.1. The fraction of sp³-hybridized carbons (Fsp3) is 1.00. The highest BCUT2D eigenvalue weighted by Crippen LogP contribution is 2.13. The summed E-state index contributed by atoms with van der Waals surface area (Å²) in [4.78, 5) is 0. The highest BCUT2D eigenvalue weighted by atomic mass is 16.5. The first kappa shape index (κ1) is 12.0. The van der Waals surface area contributed by atoms with Gasteiger partial charge in [-0.05, 0) is 38.3 Å². The quantitative estimate of drug-likeness (QED) is 0.636. The predicted octanol–water partition coefficient (Wildman–Crippen LogP) is 2.58. The first-order valence-corrected chi connectivity index (χ1v) is 6.22. The van der Waals surface area contributed by atoms with Crippen molar-refractivity contribution in [3.05, 3.63) is 0 Å². The standard InChI is InChI=1S/C12H25NO/c1-2-3-4-5-8-13-11-12-6-9-14-10-7-12/h12-13H,2-11H2,1H3. The number of rotatable bonds is 7. The Hall–Kier alpha value is -0.0800. The molecule has 0 aliphatic carbocycles. The molecule has 0 saturated carbocycles. The molecule has 1 aliphatic heterocycles. The van der Waals surface area contributed by atoms with Crippen molar-refractivity contribution in [3.8, 4) is 0 Å². The molecule has 1 saturated heterocycles. The molecular weight excluding hydrogens is 174 g/mol. The summed E-state index contributed by atoms with van der Waals surface area (Å²) in [7, 11) is 0. The van der Waals surface area contributed by atoms with Crippen LogP contribution in [0.25, 0.3) is 0 Å². The zero-order valence-electron chi connectivity index (χ0n) is 9.56. The van der Waals surface area contributed by atoms with Crippen molar-refractivity contribution in [1.82, 2.24) is 5.32 Å². The Bertz CT molecular complexity index is 121. The van der Waals surface area contributed by atoms with E-state index in [2.05, 4.69) is 12.2 Å². The minimum absolute atomic E-state index is 0.870. The first-order chi connectivity index (χ1) is 6.93. The van der Waals surface area contributed by atoms with Crippen LogP contribution in [0.1, 0.15) is 45.4 Å². The summed E-state index contributed by atoms with van der Waals surface area (Å²) in [6.45, 7) is 6.62. The van der Waals surface area contributed by atoms with Gasteiger partial charge in [-0.25, -0.2) is 0 Å². The van der Waals surface area contributed by atoms with Gasteiger partial charge in [0.1, 0.15) is 0 Å². The van der Waals surface area contributed by atoms with Gasteiger partial charge in [0.25, 0.3) is 0 Å². The molecule has 1 N–H and O–H groups in total. The highest BCUT2D eigenvalue weighted by molar-refractivity contribution is 4.65. The van der Waals surface area contributed by atoms with E-state index < -0.39 is 0 Å². The van der Waals surface area contributed by atoms with Crippen LogP contribution in [0.5, 0.6) is 0 Å². The lowest BCUT2D eigenvalue weighted by Crippen LogP contribution is -2.28. The molecule has 0 aromatic heterocycles. The lowest BCUT2D eigenvalue weighted by Gasteiger charge is -2.22. The van der Waals surface area contributed by atoms with Gasteiger partial charge in [-0.3, -0.25) is 0 Å². The van der Waals surface area contributed by atoms with Crippen LogP contribution in [0, 0.1) is 5.92 Å². The number of hydrogen-bond donors (Lipinski definition) is 1. The van der Waals surface area contributed by atoms with E-state index in [0.29, 0.717) is 0 Å². The second kappa shape index (κ2) is 8.25. The Morgan fingerprint density at radius 2 is 1.93 bits per heavy atom. The molecule has 0 aromatic carbocycles. The largest absolute Gasteiger partial charge is 0.381 e. The second-order valence-corrected chi connectivity index (χ2v) is 4.32. The Balaban J connectivity index is 1.82. The van der Waals surface area contributed by atoms with E-state index in [1.807, 2.05) is 0 Å². The van der Waals surface area contributed by atoms with Crippen LogP contribution in [0.4, 0.5) is 0 Å². The van der Waals surface area contributed by atoms with E-state index in [9.17, 15) is 0 Å². The smallest absolute Gasteiger partial charge is 0.0469 e. The Morgan fingerprint density at radius 3 is 2.64 bits per heavy atom. The summed E-state index contributed by atoms with van der Waals surface area (Å²) in [6.07, 6.45) is 7.96. The first-order valence-electron chi connectivity index (χ1n) is 6.22. The molecule has 14 heavy (non-hydrogen) atoms. The third kappa shape index (κ3) is 5.61. The molecule has 0 amide bonds. The summed E-state index contributed by atoms with van der Waals surface area (Å²) in [5, 5.41) is 3.56. The molecule has 0 atom stereocenters. The Morgan fingerprint density at radius 1 is 1.14 bits per heavy atom. The van der Waals surface area contributed by atoms with E-state index in [-0.39, 0.29) is 0 Å². The monoisotopic (exact) mass is 199 g/mol. The molecule has 2 heteroatoms. The van der Waals surface area contributed by atoms with Gasteiger partial charge in [0, 0.05) is 13.2 Å². The summed E-state index contributed by atoms with van der Waals surface area (Å²) >= 11 is 0.